The molecule has 0 radical (unpaired) electrons. The van der Waals surface area contributed by atoms with Crippen LogP contribution in [0, 0.1) is 0 Å². The van der Waals surface area contributed by atoms with E-state index in [-0.39, 0.29) is 25.6 Å². The molecule has 0 aliphatic rings. The molecular formula is C77H81N23O11. The Bertz CT molecular complexity index is 4990. The van der Waals surface area contributed by atoms with Gasteiger partial charge < -0.3 is 70.6 Å². The molecule has 5 aromatic carbocycles. The average molecular weight is 1500 g/mol. The van der Waals surface area contributed by atoms with E-state index in [2.05, 4.69) is 91.0 Å². The lowest BCUT2D eigenvalue weighted by Gasteiger charge is -2.34. The number of H-pyrrole nitrogens is 2. The van der Waals surface area contributed by atoms with Gasteiger partial charge in [0.25, 0.3) is 11.8 Å². The Hall–Kier alpha value is -14.5. The number of primary amides is 1. The number of nitrogens with one attached hydrogen (secondary N) is 6. The van der Waals surface area contributed by atoms with Crippen LogP contribution in [0.1, 0.15) is 62.3 Å². The molecule has 0 fully saturated rings. The molecule has 0 aliphatic carbocycles. The zero-order valence-corrected chi connectivity index (χ0v) is 62.2. The average Bonchev–Trinajstić information content (AvgIpc) is 1.77. The number of esters is 2. The molecule has 0 saturated carbocycles. The standard InChI is InChI=1S/C27H25N9O3.C26H24N10O2.C24H32N4O6/c1-28-26-29-14-11-20(35-26)23-32-19-10-9-17(15-21(19)33-23)24(37)34-22(25(38)39-2)16-36(18-7-4-3-5-8-18)27-30-12-6-13-31-27;1-28-25-29-13-10-19(35-25)23-32-18-9-8-16(14-20(18)33-23)24(38)34-21(22(27)37)15-36(17-6-3-2-4-7-17)26-30-11-5-12-31-26;1-23(2,3)33-21(30)28(22(31)34-24(4,5)6)18(19(29)32-7)16-27(17-12-9-8-10-13-17)20-25-14-11-15-26-20/h3-15,22H,16H2,1-2H3,(H,32,33)(H,34,37)(H,28,29,35);2-14,21H,15H2,1H3,(H2,27,37)(H,32,33)(H,34,38)(H,28,29,35);8-15,18H,16H2,1-7H3. The maximum absolute atomic E-state index is 13.3. The van der Waals surface area contributed by atoms with Crippen LogP contribution >= 0.6 is 0 Å². The molecule has 3 atom stereocenters. The highest BCUT2D eigenvalue weighted by molar-refractivity contribution is 6.01. The van der Waals surface area contributed by atoms with Gasteiger partial charge in [0.05, 0.1) is 55.9 Å². The van der Waals surface area contributed by atoms with Crippen LogP contribution in [0.15, 0.2) is 207 Å². The second-order valence-corrected chi connectivity index (χ2v) is 26.0. The van der Waals surface area contributed by atoms with E-state index in [0.717, 1.165) is 11.4 Å². The SMILES string of the molecule is CNc1nccc(-c2nc3ccc(C(=O)NC(CN(c4ccccc4)c4ncccn4)C(=O)OC)cc3[nH]2)n1.CNc1nccc(-c2nc3ccc(C(=O)NC(CN(c4ccccc4)c4ncccn4)C(N)=O)cc3[nH]2)n1.COC(=O)C(CN(c1ccccc1)c1ncccn1)N(C(=O)OC(C)(C)C)C(=O)OC(C)(C)C. The lowest BCUT2D eigenvalue weighted by molar-refractivity contribution is -0.146. The number of benzene rings is 5. The topological polar surface area (TPSA) is 430 Å². The predicted octanol–water partition coefficient (Wildman–Crippen LogP) is 9.56. The van der Waals surface area contributed by atoms with Gasteiger partial charge in [-0.15, -0.1) is 0 Å². The molecule has 7 aromatic heterocycles. The molecule has 0 saturated heterocycles. The summed E-state index contributed by atoms with van der Waals surface area (Å²) in [5, 5.41) is 11.3. The number of imidazole rings is 2. The molecule has 7 heterocycles. The largest absolute Gasteiger partial charge is 0.467 e. The number of carbonyl (C=O) groups is 7. The van der Waals surface area contributed by atoms with Gasteiger partial charge >= 0.3 is 24.1 Å². The summed E-state index contributed by atoms with van der Waals surface area (Å²) in [5.74, 6) is -0.0382. The fraction of sp³-hybridized carbons (Fsp3) is 0.234. The van der Waals surface area contributed by atoms with E-state index in [1.807, 2.05) is 66.7 Å². The van der Waals surface area contributed by atoms with Crippen molar-refractivity contribution in [3.63, 3.8) is 0 Å². The third-order valence-electron chi connectivity index (χ3n) is 15.8. The van der Waals surface area contributed by atoms with Gasteiger partial charge in [0.2, 0.25) is 35.6 Å². The minimum atomic E-state index is -1.43. The summed E-state index contributed by atoms with van der Waals surface area (Å²) >= 11 is 0. The highest BCUT2D eigenvalue weighted by atomic mass is 16.6. The third kappa shape index (κ3) is 21.4. The van der Waals surface area contributed by atoms with E-state index in [0.29, 0.717) is 90.6 Å². The Balaban J connectivity index is 0.000000178. The van der Waals surface area contributed by atoms with E-state index < -0.39 is 71.2 Å². The summed E-state index contributed by atoms with van der Waals surface area (Å²) < 4.78 is 20.8. The zero-order valence-electron chi connectivity index (χ0n) is 62.2. The van der Waals surface area contributed by atoms with E-state index in [4.69, 9.17) is 24.7 Å². The van der Waals surface area contributed by atoms with Gasteiger partial charge in [0.15, 0.2) is 17.7 Å². The molecule has 111 heavy (non-hydrogen) atoms. The molecule has 3 unspecified atom stereocenters. The van der Waals surface area contributed by atoms with Gasteiger partial charge in [-0.2, -0.15) is 4.90 Å². The zero-order chi connectivity index (χ0) is 79.2. The molecule has 0 spiro atoms. The Morgan fingerprint density at radius 3 is 1.14 bits per heavy atom. The molecular weight excluding hydrogens is 1420 g/mol. The van der Waals surface area contributed by atoms with E-state index in [9.17, 15) is 33.6 Å². The van der Waals surface area contributed by atoms with Crippen LogP contribution in [-0.2, 0) is 33.3 Å². The van der Waals surface area contributed by atoms with Crippen LogP contribution in [0.2, 0.25) is 0 Å². The number of hydrogen-bond donors (Lipinski definition) is 7. The second kappa shape index (κ2) is 36.7. The summed E-state index contributed by atoms with van der Waals surface area (Å²) in [5.41, 5.74) is 10.4. The molecule has 12 aromatic rings. The van der Waals surface area contributed by atoms with Gasteiger partial charge in [-0.1, -0.05) is 54.6 Å². The predicted molar refractivity (Wildman–Crippen MR) is 414 cm³/mol. The first kappa shape index (κ1) is 79.1. The number of methoxy groups -OCH3 is 2. The van der Waals surface area contributed by atoms with Crippen molar-refractivity contribution < 1.29 is 52.5 Å². The number of anilines is 8. The maximum atomic E-state index is 13.3. The molecule has 34 heteroatoms. The second-order valence-electron chi connectivity index (χ2n) is 26.0. The quantitative estimate of drug-likeness (QED) is 0.0218. The fourth-order valence-corrected chi connectivity index (χ4v) is 10.7. The first-order chi connectivity index (χ1) is 53.4. The number of rotatable bonds is 24. The van der Waals surface area contributed by atoms with Crippen molar-refractivity contribution in [2.24, 2.45) is 5.73 Å². The number of aromatic amines is 2. The number of imide groups is 1. The third-order valence-corrected chi connectivity index (χ3v) is 15.8. The van der Waals surface area contributed by atoms with Gasteiger partial charge in [-0.05, 0) is 145 Å². The summed E-state index contributed by atoms with van der Waals surface area (Å²) in [6.07, 6.45) is 10.7. The van der Waals surface area contributed by atoms with Crippen LogP contribution in [0.5, 0.6) is 0 Å². The maximum Gasteiger partial charge on any atom is 0.420 e. The summed E-state index contributed by atoms with van der Waals surface area (Å²) in [6, 6.07) is 42.8. The van der Waals surface area contributed by atoms with Crippen LogP contribution in [0.4, 0.5) is 56.4 Å². The lowest BCUT2D eigenvalue weighted by Crippen LogP contribution is -2.56. The molecule has 12 rings (SSSR count). The highest BCUT2D eigenvalue weighted by Crippen LogP contribution is 2.29. The van der Waals surface area contributed by atoms with Gasteiger partial charge in [-0.25, -0.2) is 79.0 Å². The molecule has 570 valence electrons. The Morgan fingerprint density at radius 2 is 0.793 bits per heavy atom. The molecule has 0 aliphatic heterocycles. The summed E-state index contributed by atoms with van der Waals surface area (Å²) in [6.45, 7) is 9.78. The van der Waals surface area contributed by atoms with Crippen molar-refractivity contribution in [1.82, 2.24) is 85.3 Å². The number of amides is 5. The van der Waals surface area contributed by atoms with Crippen molar-refractivity contribution in [3.8, 4) is 23.0 Å². The van der Waals surface area contributed by atoms with Crippen LogP contribution in [0.3, 0.4) is 0 Å². The van der Waals surface area contributed by atoms with Crippen molar-refractivity contribution >= 4 is 111 Å². The minimum absolute atomic E-state index is 0.0348. The Morgan fingerprint density at radius 1 is 0.432 bits per heavy atom. The van der Waals surface area contributed by atoms with Crippen LogP contribution < -0.4 is 41.7 Å². The number of nitrogens with two attached hydrogens (primary N) is 1. The van der Waals surface area contributed by atoms with Crippen LogP contribution in [0.25, 0.3) is 45.1 Å². The number of ether oxygens (including phenoxy) is 4. The normalized spacial score (nSPS) is 11.8. The lowest BCUT2D eigenvalue weighted by atomic mass is 10.1. The Kier molecular flexibility index (Phi) is 26.1. The number of hydrogen-bond acceptors (Lipinski definition) is 28. The number of fused-ring (bicyclic) bond motifs is 2. The number of nitrogens with zero attached hydrogens (tertiary/aromatic N) is 16. The Labute approximate surface area is 637 Å². The summed E-state index contributed by atoms with van der Waals surface area (Å²) in [4.78, 5) is 155. The molecule has 8 N–H and O–H groups in total. The minimum Gasteiger partial charge on any atom is -0.467 e. The van der Waals surface area contributed by atoms with Crippen molar-refractivity contribution in [1.29, 1.82) is 0 Å². The van der Waals surface area contributed by atoms with E-state index in [1.165, 1.54) is 14.2 Å². The van der Waals surface area contributed by atoms with Gasteiger partial charge in [0.1, 0.15) is 34.7 Å². The highest BCUT2D eigenvalue weighted by Gasteiger charge is 2.43. The van der Waals surface area contributed by atoms with Crippen molar-refractivity contribution in [3.05, 3.63) is 218 Å². The number of carbonyl (C=O) groups excluding carboxylic acids is 7. The first-order valence-corrected chi connectivity index (χ1v) is 34.5. The first-order valence-electron chi connectivity index (χ1n) is 34.5. The van der Waals surface area contributed by atoms with Crippen molar-refractivity contribution in [2.75, 3.05) is 73.3 Å². The van der Waals surface area contributed by atoms with Crippen molar-refractivity contribution in [2.45, 2.75) is 70.9 Å². The number of para-hydroxylation sites is 3. The van der Waals surface area contributed by atoms with Gasteiger partial charge in [0, 0.05) is 91.9 Å². The molecule has 0 bridgehead atoms. The molecule has 34 nitrogen and oxygen atoms in total. The van der Waals surface area contributed by atoms with Crippen LogP contribution in [-0.4, -0.2) is 194 Å². The number of aromatic nitrogens is 14. The molecule has 5 amide bonds. The van der Waals surface area contributed by atoms with E-state index in [1.54, 1.807) is 211 Å². The fourth-order valence-electron chi connectivity index (χ4n) is 10.7. The van der Waals surface area contributed by atoms with E-state index >= 15 is 0 Å². The van der Waals surface area contributed by atoms with Gasteiger partial charge in [-0.3, -0.25) is 14.4 Å². The smallest absolute Gasteiger partial charge is 0.420 e. The monoisotopic (exact) mass is 1500 g/mol. The summed E-state index contributed by atoms with van der Waals surface area (Å²) in [7, 11) is 5.91.